The molecule has 0 atom stereocenters. The van der Waals surface area contributed by atoms with Crippen molar-refractivity contribution in [3.8, 4) is 22.8 Å². The Bertz CT molecular complexity index is 1150. The Morgan fingerprint density at radius 2 is 1.26 bits per heavy atom. The SMILES string of the molecule is O=C(O)CN(Cc1ccccn1)Cc1cccc(-c2cccc(-c3ccccn3)n2)n1. The van der Waals surface area contributed by atoms with Crippen molar-refractivity contribution < 1.29 is 9.90 Å². The third-order valence-electron chi connectivity index (χ3n) is 4.60. The maximum absolute atomic E-state index is 11.4. The zero-order valence-electron chi connectivity index (χ0n) is 16.8. The molecule has 154 valence electrons. The summed E-state index contributed by atoms with van der Waals surface area (Å²) < 4.78 is 0. The van der Waals surface area contributed by atoms with Gasteiger partial charge >= 0.3 is 5.97 Å². The number of hydrogen-bond acceptors (Lipinski definition) is 6. The Balaban J connectivity index is 1.56. The fraction of sp³-hybridized carbons (Fsp3) is 0.125. The first kappa shape index (κ1) is 20.3. The van der Waals surface area contributed by atoms with Gasteiger partial charge in [0.05, 0.1) is 40.7 Å². The van der Waals surface area contributed by atoms with Gasteiger partial charge in [0.1, 0.15) is 0 Å². The van der Waals surface area contributed by atoms with E-state index in [9.17, 15) is 9.90 Å². The molecule has 0 aliphatic heterocycles. The minimum atomic E-state index is -0.892. The maximum Gasteiger partial charge on any atom is 0.317 e. The lowest BCUT2D eigenvalue weighted by Gasteiger charge is -2.19. The molecule has 7 heteroatoms. The van der Waals surface area contributed by atoms with Crippen LogP contribution in [0.3, 0.4) is 0 Å². The number of aliphatic carboxylic acids is 1. The second kappa shape index (κ2) is 9.69. The summed E-state index contributed by atoms with van der Waals surface area (Å²) in [6, 6.07) is 22.8. The van der Waals surface area contributed by atoms with E-state index >= 15 is 0 Å². The van der Waals surface area contributed by atoms with Crippen LogP contribution in [-0.2, 0) is 17.9 Å². The van der Waals surface area contributed by atoms with Crippen LogP contribution in [0.2, 0.25) is 0 Å². The standard InChI is InChI=1S/C24H21N5O2/c30-24(31)17-29(15-18-7-1-3-13-25-18)16-19-8-5-10-22(27-19)23-12-6-11-21(28-23)20-9-2-4-14-26-20/h1-14H,15-17H2,(H,30,31). The molecule has 0 unspecified atom stereocenters. The zero-order chi connectivity index (χ0) is 21.5. The Kier molecular flexibility index (Phi) is 6.35. The van der Waals surface area contributed by atoms with E-state index in [1.165, 1.54) is 0 Å². The van der Waals surface area contributed by atoms with E-state index < -0.39 is 5.97 Å². The monoisotopic (exact) mass is 411 g/mol. The van der Waals surface area contributed by atoms with Crippen LogP contribution in [0.4, 0.5) is 0 Å². The van der Waals surface area contributed by atoms with Crippen molar-refractivity contribution in [1.82, 2.24) is 24.8 Å². The average Bonchev–Trinajstić information content (AvgIpc) is 2.80. The van der Waals surface area contributed by atoms with Crippen molar-refractivity contribution in [3.05, 3.63) is 96.6 Å². The van der Waals surface area contributed by atoms with Gasteiger partial charge in [0.15, 0.2) is 0 Å². The lowest BCUT2D eigenvalue weighted by Crippen LogP contribution is -2.29. The predicted octanol–water partition coefficient (Wildman–Crippen LogP) is 3.69. The van der Waals surface area contributed by atoms with Gasteiger partial charge in [-0.25, -0.2) is 9.97 Å². The summed E-state index contributed by atoms with van der Waals surface area (Å²) >= 11 is 0. The summed E-state index contributed by atoms with van der Waals surface area (Å²) in [5, 5.41) is 9.31. The number of pyridine rings is 4. The van der Waals surface area contributed by atoms with Crippen LogP contribution in [0.5, 0.6) is 0 Å². The van der Waals surface area contributed by atoms with Crippen molar-refractivity contribution in [1.29, 1.82) is 0 Å². The van der Waals surface area contributed by atoms with Crippen LogP contribution in [0, 0.1) is 0 Å². The molecule has 0 saturated heterocycles. The maximum atomic E-state index is 11.4. The highest BCUT2D eigenvalue weighted by Crippen LogP contribution is 2.20. The number of hydrogen-bond donors (Lipinski definition) is 1. The minimum absolute atomic E-state index is 0.101. The van der Waals surface area contributed by atoms with Crippen molar-refractivity contribution in [3.63, 3.8) is 0 Å². The van der Waals surface area contributed by atoms with Gasteiger partial charge in [-0.05, 0) is 48.5 Å². The molecular weight excluding hydrogens is 390 g/mol. The summed E-state index contributed by atoms with van der Waals surface area (Å²) in [7, 11) is 0. The smallest absolute Gasteiger partial charge is 0.317 e. The molecule has 7 nitrogen and oxygen atoms in total. The third kappa shape index (κ3) is 5.55. The molecule has 0 aliphatic carbocycles. The van der Waals surface area contributed by atoms with Crippen LogP contribution in [0.15, 0.2) is 85.2 Å². The van der Waals surface area contributed by atoms with Crippen LogP contribution in [-0.4, -0.2) is 42.5 Å². The number of rotatable bonds is 8. The van der Waals surface area contributed by atoms with Gasteiger partial charge in [0, 0.05) is 25.5 Å². The number of carboxylic acids is 1. The van der Waals surface area contributed by atoms with E-state index in [0.29, 0.717) is 13.1 Å². The third-order valence-corrected chi connectivity index (χ3v) is 4.60. The van der Waals surface area contributed by atoms with Gasteiger partial charge in [-0.15, -0.1) is 0 Å². The first-order valence-corrected chi connectivity index (χ1v) is 9.86. The molecule has 0 radical (unpaired) electrons. The molecule has 4 rings (SSSR count). The highest BCUT2D eigenvalue weighted by Gasteiger charge is 2.14. The molecule has 1 N–H and O–H groups in total. The molecule has 0 aromatic carbocycles. The van der Waals surface area contributed by atoms with Crippen LogP contribution >= 0.6 is 0 Å². The van der Waals surface area contributed by atoms with Crippen molar-refractivity contribution >= 4 is 5.97 Å². The van der Waals surface area contributed by atoms with E-state index in [-0.39, 0.29) is 6.54 Å². The zero-order valence-corrected chi connectivity index (χ0v) is 16.8. The van der Waals surface area contributed by atoms with Crippen LogP contribution in [0.1, 0.15) is 11.4 Å². The van der Waals surface area contributed by atoms with Gasteiger partial charge in [-0.2, -0.15) is 0 Å². The van der Waals surface area contributed by atoms with Gasteiger partial charge in [-0.1, -0.05) is 24.3 Å². The second-order valence-corrected chi connectivity index (χ2v) is 7.00. The van der Waals surface area contributed by atoms with Crippen LogP contribution in [0.25, 0.3) is 22.8 Å². The van der Waals surface area contributed by atoms with Crippen molar-refractivity contribution in [2.24, 2.45) is 0 Å². The largest absolute Gasteiger partial charge is 0.480 e. The van der Waals surface area contributed by atoms with Crippen LogP contribution < -0.4 is 0 Å². The first-order valence-electron chi connectivity index (χ1n) is 9.86. The summed E-state index contributed by atoms with van der Waals surface area (Å²) in [5.41, 5.74) is 4.60. The molecule has 0 fully saturated rings. The Morgan fingerprint density at radius 3 is 1.94 bits per heavy atom. The molecule has 0 aliphatic rings. The molecule has 0 amide bonds. The first-order chi connectivity index (χ1) is 15.2. The normalized spacial score (nSPS) is 10.9. The molecule has 4 aromatic heterocycles. The summed E-state index contributed by atoms with van der Waals surface area (Å²) in [5.74, 6) is -0.892. The van der Waals surface area contributed by atoms with Gasteiger partial charge in [0.25, 0.3) is 0 Å². The summed E-state index contributed by atoms with van der Waals surface area (Å²) in [6.07, 6.45) is 3.44. The van der Waals surface area contributed by atoms with Crippen molar-refractivity contribution in [2.75, 3.05) is 6.54 Å². The highest BCUT2D eigenvalue weighted by molar-refractivity contribution is 5.69. The van der Waals surface area contributed by atoms with E-state index in [2.05, 4.69) is 9.97 Å². The topological polar surface area (TPSA) is 92.1 Å². The van der Waals surface area contributed by atoms with E-state index in [1.807, 2.05) is 72.8 Å². The lowest BCUT2D eigenvalue weighted by molar-refractivity contribution is -0.138. The number of carbonyl (C=O) groups is 1. The average molecular weight is 411 g/mol. The fourth-order valence-corrected chi connectivity index (χ4v) is 3.25. The Morgan fingerprint density at radius 1 is 0.677 bits per heavy atom. The summed E-state index contributed by atoms with van der Waals surface area (Å²) in [6.45, 7) is 0.707. The molecule has 4 heterocycles. The van der Waals surface area contributed by atoms with E-state index in [0.717, 1.165) is 34.2 Å². The van der Waals surface area contributed by atoms with Gasteiger partial charge in [-0.3, -0.25) is 19.7 Å². The fourth-order valence-electron chi connectivity index (χ4n) is 3.25. The number of nitrogens with zero attached hydrogens (tertiary/aromatic N) is 5. The molecular formula is C24H21N5O2. The van der Waals surface area contributed by atoms with Gasteiger partial charge < -0.3 is 5.11 Å². The number of aromatic nitrogens is 4. The second-order valence-electron chi connectivity index (χ2n) is 7.00. The molecule has 4 aromatic rings. The van der Waals surface area contributed by atoms with E-state index in [4.69, 9.17) is 9.97 Å². The highest BCUT2D eigenvalue weighted by atomic mass is 16.4. The predicted molar refractivity (Wildman–Crippen MR) is 117 cm³/mol. The Labute approximate surface area is 180 Å². The minimum Gasteiger partial charge on any atom is -0.480 e. The van der Waals surface area contributed by atoms with E-state index in [1.54, 1.807) is 17.3 Å². The van der Waals surface area contributed by atoms with Gasteiger partial charge in [0.2, 0.25) is 0 Å². The summed E-state index contributed by atoms with van der Waals surface area (Å²) in [4.78, 5) is 31.2. The molecule has 0 spiro atoms. The molecule has 0 bridgehead atoms. The quantitative estimate of drug-likeness (QED) is 0.473. The Hall–Kier alpha value is -3.97. The number of carboxylic acid groups (broad SMARTS) is 1. The lowest BCUT2D eigenvalue weighted by atomic mass is 10.2. The molecule has 0 saturated carbocycles. The van der Waals surface area contributed by atoms with Crippen molar-refractivity contribution in [2.45, 2.75) is 13.1 Å². The molecule has 31 heavy (non-hydrogen) atoms.